The summed E-state index contributed by atoms with van der Waals surface area (Å²) in [5, 5.41) is 0. The highest BCUT2D eigenvalue weighted by molar-refractivity contribution is 5.82. The van der Waals surface area contributed by atoms with Crippen LogP contribution < -0.4 is 4.90 Å². The van der Waals surface area contributed by atoms with Crippen molar-refractivity contribution in [3.63, 3.8) is 0 Å². The average molecular weight is 460 g/mol. The van der Waals surface area contributed by atoms with Crippen LogP contribution in [0.15, 0.2) is 109 Å². The van der Waals surface area contributed by atoms with Crippen molar-refractivity contribution in [2.75, 3.05) is 4.90 Å². The van der Waals surface area contributed by atoms with Crippen molar-refractivity contribution in [3.8, 4) is 0 Å². The summed E-state index contributed by atoms with van der Waals surface area (Å²) in [6, 6.07) is 40.0. The third kappa shape index (κ3) is 4.41. The molecule has 2 atom stereocenters. The number of benzene rings is 4. The minimum Gasteiger partial charge on any atom is -0.222 e. The Morgan fingerprint density at radius 2 is 1.09 bits per heavy atom. The predicted octanol–water partition coefficient (Wildman–Crippen LogP) is 8.61. The van der Waals surface area contributed by atoms with Gasteiger partial charge in [0, 0.05) is 22.3 Å². The van der Waals surface area contributed by atoms with E-state index in [0.29, 0.717) is 11.8 Å². The first-order valence-corrected chi connectivity index (χ1v) is 12.8. The number of rotatable bonds is 6. The van der Waals surface area contributed by atoms with Crippen LogP contribution in [-0.4, -0.2) is 10.9 Å². The fourth-order valence-corrected chi connectivity index (χ4v) is 5.41. The second-order valence-corrected chi connectivity index (χ2v) is 10.1. The Balaban J connectivity index is 1.79. The van der Waals surface area contributed by atoms with E-state index in [0.717, 1.165) is 0 Å². The molecule has 0 aromatic heterocycles. The zero-order valence-electron chi connectivity index (χ0n) is 21.2. The highest BCUT2D eigenvalue weighted by atomic mass is 15.3. The summed E-state index contributed by atoms with van der Waals surface area (Å²) in [5.41, 5.74) is 7.94. The number of anilines is 1. The van der Waals surface area contributed by atoms with Gasteiger partial charge in [0.2, 0.25) is 6.34 Å². The number of para-hydroxylation sites is 2. The molecule has 0 bridgehead atoms. The molecule has 2 heteroatoms. The van der Waals surface area contributed by atoms with Crippen LogP contribution in [0.1, 0.15) is 73.9 Å². The predicted molar refractivity (Wildman–Crippen MR) is 148 cm³/mol. The van der Waals surface area contributed by atoms with E-state index < -0.39 is 0 Å². The van der Waals surface area contributed by atoms with Gasteiger partial charge in [-0.1, -0.05) is 125 Å². The lowest BCUT2D eigenvalue weighted by atomic mass is 9.90. The summed E-state index contributed by atoms with van der Waals surface area (Å²) in [5.74, 6) is 0.867. The summed E-state index contributed by atoms with van der Waals surface area (Å²) >= 11 is 0. The standard InChI is InChI=1S/C33H35N2/c1-24(2)28-19-11-13-21-30(28)34-23-35(31-22-14-12-20-29(31)25(3)4)33(27-17-9-6-10-18-27)32(34)26-15-7-5-8-16-26/h5-25,32-33H,1-4H3/q+1. The van der Waals surface area contributed by atoms with Gasteiger partial charge in [0.05, 0.1) is 0 Å². The van der Waals surface area contributed by atoms with Gasteiger partial charge in [-0.25, -0.2) is 9.48 Å². The van der Waals surface area contributed by atoms with Gasteiger partial charge in [0.25, 0.3) is 0 Å². The fourth-order valence-electron chi connectivity index (χ4n) is 5.41. The molecular formula is C33H35N2+. The van der Waals surface area contributed by atoms with Crippen LogP contribution in [0.5, 0.6) is 0 Å². The minimum atomic E-state index is 0.138. The molecule has 4 aromatic carbocycles. The van der Waals surface area contributed by atoms with Gasteiger partial charge in [0.1, 0.15) is 11.4 Å². The molecular weight excluding hydrogens is 424 g/mol. The Labute approximate surface area is 210 Å². The van der Waals surface area contributed by atoms with Crippen molar-refractivity contribution in [3.05, 3.63) is 131 Å². The largest absolute Gasteiger partial charge is 0.245 e. The normalized spacial score (nSPS) is 17.8. The van der Waals surface area contributed by atoms with E-state index in [1.165, 1.54) is 33.6 Å². The molecule has 4 aromatic rings. The first kappa shape index (κ1) is 23.1. The fraction of sp³-hybridized carbons (Fsp3) is 0.242. The molecule has 0 saturated heterocycles. The van der Waals surface area contributed by atoms with Crippen LogP contribution in [0, 0.1) is 0 Å². The van der Waals surface area contributed by atoms with E-state index in [1.54, 1.807) is 0 Å². The van der Waals surface area contributed by atoms with E-state index in [-0.39, 0.29) is 12.1 Å². The SMILES string of the molecule is CC(C)c1ccccc1N1C=[N+](c2ccccc2C(C)C)C(c2ccccc2)C1c1ccccc1. The van der Waals surface area contributed by atoms with Gasteiger partial charge in [-0.2, -0.15) is 0 Å². The lowest BCUT2D eigenvalue weighted by Gasteiger charge is -2.26. The molecule has 5 rings (SSSR count). The second-order valence-electron chi connectivity index (χ2n) is 10.1. The Kier molecular flexibility index (Phi) is 6.55. The summed E-state index contributed by atoms with van der Waals surface area (Å²) in [7, 11) is 0. The van der Waals surface area contributed by atoms with E-state index in [1.807, 2.05) is 0 Å². The summed E-state index contributed by atoms with van der Waals surface area (Å²) in [6.45, 7) is 9.14. The van der Waals surface area contributed by atoms with Crippen molar-refractivity contribution in [1.82, 2.24) is 0 Å². The van der Waals surface area contributed by atoms with Gasteiger partial charge in [-0.15, -0.1) is 0 Å². The zero-order chi connectivity index (χ0) is 24.4. The van der Waals surface area contributed by atoms with E-state index in [9.17, 15) is 0 Å². The molecule has 35 heavy (non-hydrogen) atoms. The maximum Gasteiger partial charge on any atom is 0.245 e. The molecule has 0 spiro atoms. The summed E-state index contributed by atoms with van der Waals surface area (Å²) in [4.78, 5) is 2.51. The highest BCUT2D eigenvalue weighted by Gasteiger charge is 2.46. The van der Waals surface area contributed by atoms with E-state index >= 15 is 0 Å². The molecule has 0 fully saturated rings. The van der Waals surface area contributed by atoms with E-state index in [4.69, 9.17) is 0 Å². The van der Waals surface area contributed by atoms with Crippen molar-refractivity contribution in [2.24, 2.45) is 0 Å². The van der Waals surface area contributed by atoms with Crippen LogP contribution in [0.4, 0.5) is 11.4 Å². The Morgan fingerprint density at radius 1 is 0.571 bits per heavy atom. The first-order valence-electron chi connectivity index (χ1n) is 12.8. The third-order valence-electron chi connectivity index (χ3n) is 7.10. The van der Waals surface area contributed by atoms with Crippen molar-refractivity contribution < 1.29 is 4.58 Å². The molecule has 0 radical (unpaired) electrons. The topological polar surface area (TPSA) is 6.25 Å². The monoisotopic (exact) mass is 459 g/mol. The smallest absolute Gasteiger partial charge is 0.222 e. The molecule has 0 saturated carbocycles. The van der Waals surface area contributed by atoms with Crippen LogP contribution >= 0.6 is 0 Å². The lowest BCUT2D eigenvalue weighted by Crippen LogP contribution is -2.27. The lowest BCUT2D eigenvalue weighted by molar-refractivity contribution is -0.482. The Morgan fingerprint density at radius 3 is 1.71 bits per heavy atom. The maximum absolute atomic E-state index is 2.51. The van der Waals surface area contributed by atoms with Crippen LogP contribution in [-0.2, 0) is 0 Å². The molecule has 1 aliphatic rings. The van der Waals surface area contributed by atoms with Gasteiger partial charge in [-0.05, 0) is 24.0 Å². The first-order chi connectivity index (χ1) is 17.1. The Bertz CT molecular complexity index is 1310. The van der Waals surface area contributed by atoms with Gasteiger partial charge in [-0.3, -0.25) is 0 Å². The molecule has 2 nitrogen and oxygen atoms in total. The number of hydrogen-bond donors (Lipinski definition) is 0. The quantitative estimate of drug-likeness (QED) is 0.262. The summed E-state index contributed by atoms with van der Waals surface area (Å²) < 4.78 is 2.51. The number of hydrogen-bond acceptors (Lipinski definition) is 1. The van der Waals surface area contributed by atoms with Gasteiger partial charge in [0.15, 0.2) is 12.1 Å². The maximum atomic E-state index is 2.51. The zero-order valence-corrected chi connectivity index (χ0v) is 21.2. The van der Waals surface area contributed by atoms with Crippen LogP contribution in [0.25, 0.3) is 0 Å². The molecule has 0 amide bonds. The van der Waals surface area contributed by atoms with Crippen molar-refractivity contribution >= 4 is 17.7 Å². The Hall–Kier alpha value is -3.65. The minimum absolute atomic E-state index is 0.138. The van der Waals surface area contributed by atoms with Crippen LogP contribution in [0.3, 0.4) is 0 Å². The molecule has 2 unspecified atom stereocenters. The second kappa shape index (κ2) is 9.92. The van der Waals surface area contributed by atoms with Gasteiger partial charge < -0.3 is 0 Å². The van der Waals surface area contributed by atoms with Crippen molar-refractivity contribution in [2.45, 2.75) is 51.6 Å². The average Bonchev–Trinajstić information content (AvgIpc) is 3.30. The highest BCUT2D eigenvalue weighted by Crippen LogP contribution is 2.47. The van der Waals surface area contributed by atoms with Crippen molar-refractivity contribution in [1.29, 1.82) is 0 Å². The summed E-state index contributed by atoms with van der Waals surface area (Å²) in [6.07, 6.45) is 2.36. The number of nitrogens with zero attached hydrogens (tertiary/aromatic N) is 2. The molecule has 176 valence electrons. The third-order valence-corrected chi connectivity index (χ3v) is 7.10. The van der Waals surface area contributed by atoms with Crippen LogP contribution in [0.2, 0.25) is 0 Å². The molecule has 0 N–H and O–H groups in total. The van der Waals surface area contributed by atoms with Gasteiger partial charge >= 0.3 is 0 Å². The molecule has 1 heterocycles. The molecule has 1 aliphatic heterocycles. The molecule has 0 aliphatic carbocycles. The van der Waals surface area contributed by atoms with E-state index in [2.05, 4.69) is 153 Å².